The molecule has 1 N–H and O–H groups in total. The molecule has 3 aromatic rings. The van der Waals surface area contributed by atoms with Crippen LogP contribution in [0.2, 0.25) is 0 Å². The summed E-state index contributed by atoms with van der Waals surface area (Å²) in [6.07, 6.45) is 4.95. The fourth-order valence-electron chi connectivity index (χ4n) is 3.21. The Morgan fingerprint density at radius 2 is 2.11 bits per heavy atom. The zero-order valence-electron chi connectivity index (χ0n) is 15.1. The number of benzene rings is 1. The van der Waals surface area contributed by atoms with Gasteiger partial charge in [0.2, 0.25) is 5.95 Å². The van der Waals surface area contributed by atoms with Crippen molar-refractivity contribution in [2.24, 2.45) is 5.10 Å². The van der Waals surface area contributed by atoms with Crippen LogP contribution in [0, 0.1) is 5.82 Å². The van der Waals surface area contributed by atoms with Gasteiger partial charge in [0, 0.05) is 42.3 Å². The molecule has 1 fully saturated rings. The van der Waals surface area contributed by atoms with Crippen LogP contribution < -0.4 is 10.3 Å². The van der Waals surface area contributed by atoms with Crippen LogP contribution in [0.25, 0.3) is 10.9 Å². The van der Waals surface area contributed by atoms with Crippen LogP contribution in [0.3, 0.4) is 0 Å². The Labute approximate surface area is 156 Å². The molecule has 0 bridgehead atoms. The summed E-state index contributed by atoms with van der Waals surface area (Å²) in [6.45, 7) is 5.31. The molecule has 0 saturated carbocycles. The average Bonchev–Trinajstić information content (AvgIpc) is 3.08. The minimum absolute atomic E-state index is 0.258. The normalized spacial score (nSPS) is 15.0. The molecular weight excluding hydrogens is 347 g/mol. The Morgan fingerprint density at radius 1 is 1.30 bits per heavy atom. The molecule has 1 aromatic carbocycles. The average molecular weight is 368 g/mol. The van der Waals surface area contributed by atoms with Gasteiger partial charge < -0.3 is 14.2 Å². The smallest absolute Gasteiger partial charge is 0.245 e. The minimum atomic E-state index is -0.447. The second-order valence-electron chi connectivity index (χ2n) is 6.22. The largest absolute Gasteiger partial charge is 0.378 e. The molecule has 27 heavy (non-hydrogen) atoms. The predicted octanol–water partition coefficient (Wildman–Crippen LogP) is 2.87. The summed E-state index contributed by atoms with van der Waals surface area (Å²) in [5, 5.41) is 5.37. The van der Waals surface area contributed by atoms with Gasteiger partial charge in [0.15, 0.2) is 11.6 Å². The monoisotopic (exact) mass is 368 g/mol. The molecule has 3 heterocycles. The summed E-state index contributed by atoms with van der Waals surface area (Å²) in [5.74, 6) is 0.0828. The van der Waals surface area contributed by atoms with Gasteiger partial charge in [-0.3, -0.25) is 0 Å². The van der Waals surface area contributed by atoms with Crippen LogP contribution in [-0.2, 0) is 11.3 Å². The number of hydrogen-bond acceptors (Lipinski definition) is 6. The lowest BCUT2D eigenvalue weighted by Crippen LogP contribution is -2.37. The standard InChI is InChI=1S/C19H21FN6O/c1-2-25-13-14(15-5-3-4-6-17(15)25)11-22-24-19-21-12-16(20)18(23-19)26-7-9-27-10-8-26/h3-6,11-13H,2,7-10H2,1H3,(H,21,23,24)/b22-11-. The van der Waals surface area contributed by atoms with E-state index in [0.717, 1.165) is 23.0 Å². The number of ether oxygens (including phenoxy) is 1. The fraction of sp³-hybridized carbons (Fsp3) is 0.316. The van der Waals surface area contributed by atoms with Gasteiger partial charge in [-0.1, -0.05) is 18.2 Å². The molecule has 0 aliphatic carbocycles. The molecule has 0 amide bonds. The number of aromatic nitrogens is 3. The summed E-state index contributed by atoms with van der Waals surface area (Å²) in [4.78, 5) is 10.1. The molecular formula is C19H21FN6O. The zero-order valence-corrected chi connectivity index (χ0v) is 15.1. The van der Waals surface area contributed by atoms with E-state index in [2.05, 4.69) is 50.3 Å². The third-order valence-electron chi connectivity index (χ3n) is 4.56. The molecule has 0 atom stereocenters. The quantitative estimate of drug-likeness (QED) is 0.554. The van der Waals surface area contributed by atoms with Crippen molar-refractivity contribution in [1.29, 1.82) is 0 Å². The third-order valence-corrected chi connectivity index (χ3v) is 4.56. The highest BCUT2D eigenvalue weighted by Gasteiger charge is 2.17. The number of anilines is 2. The van der Waals surface area contributed by atoms with Crippen molar-refractivity contribution in [2.45, 2.75) is 13.5 Å². The highest BCUT2D eigenvalue weighted by molar-refractivity contribution is 5.99. The van der Waals surface area contributed by atoms with Gasteiger partial charge in [0.1, 0.15) is 0 Å². The number of hydrazone groups is 1. The number of halogens is 1. The minimum Gasteiger partial charge on any atom is -0.378 e. The molecule has 1 aliphatic heterocycles. The van der Waals surface area contributed by atoms with Crippen LogP contribution in [-0.4, -0.2) is 47.1 Å². The number of nitrogens with zero attached hydrogens (tertiary/aromatic N) is 5. The van der Waals surface area contributed by atoms with Crippen molar-refractivity contribution in [3.05, 3.63) is 48.0 Å². The van der Waals surface area contributed by atoms with E-state index < -0.39 is 5.82 Å². The summed E-state index contributed by atoms with van der Waals surface area (Å²) >= 11 is 0. The van der Waals surface area contributed by atoms with Crippen LogP contribution in [0.5, 0.6) is 0 Å². The Morgan fingerprint density at radius 3 is 2.93 bits per heavy atom. The third kappa shape index (κ3) is 3.61. The molecule has 0 unspecified atom stereocenters. The zero-order chi connectivity index (χ0) is 18.6. The van der Waals surface area contributed by atoms with Crippen molar-refractivity contribution in [1.82, 2.24) is 14.5 Å². The lowest BCUT2D eigenvalue weighted by Gasteiger charge is -2.27. The van der Waals surface area contributed by atoms with Crippen molar-refractivity contribution in [2.75, 3.05) is 36.6 Å². The number of rotatable bonds is 5. The maximum absolute atomic E-state index is 14.1. The first-order chi connectivity index (χ1) is 13.3. The molecule has 2 aromatic heterocycles. The molecule has 4 rings (SSSR count). The number of fused-ring (bicyclic) bond motifs is 1. The van der Waals surface area contributed by atoms with Crippen LogP contribution in [0.4, 0.5) is 16.2 Å². The van der Waals surface area contributed by atoms with E-state index in [1.54, 1.807) is 6.21 Å². The van der Waals surface area contributed by atoms with Gasteiger partial charge in [0.25, 0.3) is 0 Å². The predicted molar refractivity (Wildman–Crippen MR) is 104 cm³/mol. The summed E-state index contributed by atoms with van der Waals surface area (Å²) in [6, 6.07) is 8.17. The van der Waals surface area contributed by atoms with Crippen molar-refractivity contribution in [3.63, 3.8) is 0 Å². The number of aryl methyl sites for hydroxylation is 1. The summed E-state index contributed by atoms with van der Waals surface area (Å²) in [7, 11) is 0. The van der Waals surface area contributed by atoms with Crippen molar-refractivity contribution < 1.29 is 9.13 Å². The molecule has 0 radical (unpaired) electrons. The molecule has 1 saturated heterocycles. The first-order valence-electron chi connectivity index (χ1n) is 8.98. The summed E-state index contributed by atoms with van der Waals surface area (Å²) in [5.41, 5.74) is 4.96. The van der Waals surface area contributed by atoms with Gasteiger partial charge in [0.05, 0.1) is 25.6 Å². The van der Waals surface area contributed by atoms with Gasteiger partial charge in [-0.05, 0) is 13.0 Å². The maximum atomic E-state index is 14.1. The molecule has 1 aliphatic rings. The van der Waals surface area contributed by atoms with Gasteiger partial charge in [-0.2, -0.15) is 10.1 Å². The highest BCUT2D eigenvalue weighted by Crippen LogP contribution is 2.20. The van der Waals surface area contributed by atoms with E-state index in [-0.39, 0.29) is 11.8 Å². The second kappa shape index (κ2) is 7.71. The molecule has 8 heteroatoms. The van der Waals surface area contributed by atoms with Crippen LogP contribution in [0.1, 0.15) is 12.5 Å². The van der Waals surface area contributed by atoms with Gasteiger partial charge >= 0.3 is 0 Å². The van der Waals surface area contributed by atoms with E-state index in [1.165, 1.54) is 6.20 Å². The van der Waals surface area contributed by atoms with Crippen molar-refractivity contribution in [3.8, 4) is 0 Å². The second-order valence-corrected chi connectivity index (χ2v) is 6.22. The first-order valence-corrected chi connectivity index (χ1v) is 8.98. The topological polar surface area (TPSA) is 67.6 Å². The van der Waals surface area contributed by atoms with E-state index in [1.807, 2.05) is 17.0 Å². The van der Waals surface area contributed by atoms with E-state index in [4.69, 9.17) is 4.74 Å². The Hall–Kier alpha value is -3.00. The van der Waals surface area contributed by atoms with Gasteiger partial charge in [-0.25, -0.2) is 14.8 Å². The lowest BCUT2D eigenvalue weighted by atomic mass is 10.2. The number of morpholine rings is 1. The Bertz CT molecular complexity index is 964. The highest BCUT2D eigenvalue weighted by atomic mass is 19.1. The number of nitrogens with one attached hydrogen (secondary N) is 1. The van der Waals surface area contributed by atoms with E-state index >= 15 is 0 Å². The van der Waals surface area contributed by atoms with Crippen LogP contribution in [0.15, 0.2) is 41.8 Å². The number of hydrogen-bond donors (Lipinski definition) is 1. The Balaban J connectivity index is 1.53. The van der Waals surface area contributed by atoms with Crippen LogP contribution >= 0.6 is 0 Å². The maximum Gasteiger partial charge on any atom is 0.245 e. The molecule has 7 nitrogen and oxygen atoms in total. The lowest BCUT2D eigenvalue weighted by molar-refractivity contribution is 0.122. The van der Waals surface area contributed by atoms with E-state index in [9.17, 15) is 4.39 Å². The van der Waals surface area contributed by atoms with Gasteiger partial charge in [-0.15, -0.1) is 0 Å². The fourth-order valence-corrected chi connectivity index (χ4v) is 3.21. The Kier molecular flexibility index (Phi) is 4.97. The van der Waals surface area contributed by atoms with Crippen molar-refractivity contribution >= 4 is 28.9 Å². The molecule has 0 spiro atoms. The molecule has 140 valence electrons. The SMILES string of the molecule is CCn1cc(/C=N\Nc2ncc(F)c(N3CCOCC3)n2)c2ccccc21. The summed E-state index contributed by atoms with van der Waals surface area (Å²) < 4.78 is 21.6. The number of para-hydroxylation sites is 1. The van der Waals surface area contributed by atoms with E-state index in [0.29, 0.717) is 26.3 Å². The first kappa shape index (κ1) is 17.4.